The fraction of sp³-hybridized carbons (Fsp3) is 0.500. The average Bonchev–Trinajstić information content (AvgIpc) is 2.03. The van der Waals surface area contributed by atoms with Crippen molar-refractivity contribution < 1.29 is 18.3 Å². The summed E-state index contributed by atoms with van der Waals surface area (Å²) in [5.41, 5.74) is 0.0463. The van der Waals surface area contributed by atoms with Crippen LogP contribution < -0.4 is 0 Å². The first kappa shape index (κ1) is 9.32. The number of aliphatic hydroxyl groups is 1. The van der Waals surface area contributed by atoms with E-state index in [0.29, 0.717) is 0 Å². The molecule has 0 heterocycles. The van der Waals surface area contributed by atoms with E-state index in [4.69, 9.17) is 5.11 Å². The molecular weight excluding hydrogens is 169 g/mol. The zero-order valence-corrected chi connectivity index (χ0v) is 6.30. The van der Waals surface area contributed by atoms with Crippen molar-refractivity contribution in [3.63, 3.8) is 0 Å². The van der Waals surface area contributed by atoms with E-state index in [1.807, 2.05) is 0 Å². The van der Waals surface area contributed by atoms with Crippen LogP contribution in [0.3, 0.4) is 0 Å². The maximum Gasteiger partial charge on any atom is 0.395 e. The third-order valence-electron chi connectivity index (χ3n) is 1.84. The SMILES string of the molecule is OCC1=CC=CCC1C(F)(F)F. The van der Waals surface area contributed by atoms with Crippen LogP contribution in [0.15, 0.2) is 23.8 Å². The van der Waals surface area contributed by atoms with Gasteiger partial charge >= 0.3 is 6.18 Å². The second-order valence-corrected chi connectivity index (χ2v) is 2.66. The maximum absolute atomic E-state index is 12.2. The van der Waals surface area contributed by atoms with E-state index in [9.17, 15) is 13.2 Å². The van der Waals surface area contributed by atoms with E-state index in [-0.39, 0.29) is 12.0 Å². The maximum atomic E-state index is 12.2. The molecule has 0 aromatic heterocycles. The molecule has 12 heavy (non-hydrogen) atoms. The van der Waals surface area contributed by atoms with Crippen molar-refractivity contribution in [3.05, 3.63) is 23.8 Å². The summed E-state index contributed by atoms with van der Waals surface area (Å²) in [5.74, 6) is -1.49. The molecule has 0 saturated carbocycles. The van der Waals surface area contributed by atoms with Crippen LogP contribution in [0.4, 0.5) is 13.2 Å². The Labute approximate surface area is 68.2 Å². The summed E-state index contributed by atoms with van der Waals surface area (Å²) >= 11 is 0. The third-order valence-corrected chi connectivity index (χ3v) is 1.84. The molecule has 0 bridgehead atoms. The molecule has 0 amide bonds. The minimum absolute atomic E-state index is 0.0463. The Morgan fingerprint density at radius 2 is 2.17 bits per heavy atom. The Morgan fingerprint density at radius 1 is 1.50 bits per heavy atom. The molecule has 0 aromatic carbocycles. The largest absolute Gasteiger partial charge is 0.395 e. The Balaban J connectivity index is 2.79. The molecule has 1 rings (SSSR count). The average molecular weight is 178 g/mol. The molecule has 4 heteroatoms. The molecule has 0 saturated heterocycles. The summed E-state index contributed by atoms with van der Waals surface area (Å²) in [5, 5.41) is 8.62. The molecule has 1 aliphatic carbocycles. The minimum Gasteiger partial charge on any atom is -0.392 e. The second-order valence-electron chi connectivity index (χ2n) is 2.66. The van der Waals surface area contributed by atoms with Crippen LogP contribution in [-0.4, -0.2) is 17.9 Å². The van der Waals surface area contributed by atoms with Gasteiger partial charge in [0.1, 0.15) is 0 Å². The molecule has 1 aliphatic rings. The molecule has 1 unspecified atom stereocenters. The van der Waals surface area contributed by atoms with Crippen molar-refractivity contribution in [2.24, 2.45) is 5.92 Å². The van der Waals surface area contributed by atoms with Gasteiger partial charge < -0.3 is 5.11 Å². The van der Waals surface area contributed by atoms with Crippen LogP contribution in [0.25, 0.3) is 0 Å². The van der Waals surface area contributed by atoms with E-state index in [2.05, 4.69) is 0 Å². The van der Waals surface area contributed by atoms with Crippen molar-refractivity contribution in [3.8, 4) is 0 Å². The molecular formula is C8H9F3O. The Hall–Kier alpha value is -0.770. The summed E-state index contributed by atoms with van der Waals surface area (Å²) in [6.45, 7) is -0.519. The van der Waals surface area contributed by atoms with Gasteiger partial charge in [-0.25, -0.2) is 0 Å². The van der Waals surface area contributed by atoms with Crippen LogP contribution in [-0.2, 0) is 0 Å². The summed E-state index contributed by atoms with van der Waals surface area (Å²) in [6.07, 6.45) is 0.0159. The lowest BCUT2D eigenvalue weighted by Crippen LogP contribution is -2.26. The van der Waals surface area contributed by atoms with Gasteiger partial charge in [0.15, 0.2) is 0 Å². The smallest absolute Gasteiger partial charge is 0.392 e. The molecule has 0 aliphatic heterocycles. The predicted molar refractivity (Wildman–Crippen MR) is 38.5 cm³/mol. The van der Waals surface area contributed by atoms with E-state index < -0.39 is 18.7 Å². The van der Waals surface area contributed by atoms with Crippen molar-refractivity contribution in [2.75, 3.05) is 6.61 Å². The predicted octanol–water partition coefficient (Wildman–Crippen LogP) is 2.04. The summed E-state index contributed by atoms with van der Waals surface area (Å²) in [7, 11) is 0. The summed E-state index contributed by atoms with van der Waals surface area (Å²) in [4.78, 5) is 0. The topological polar surface area (TPSA) is 20.2 Å². The van der Waals surface area contributed by atoms with Crippen molar-refractivity contribution in [1.82, 2.24) is 0 Å². The summed E-state index contributed by atoms with van der Waals surface area (Å²) in [6, 6.07) is 0. The highest BCUT2D eigenvalue weighted by atomic mass is 19.4. The van der Waals surface area contributed by atoms with Crippen LogP contribution >= 0.6 is 0 Å². The fourth-order valence-electron chi connectivity index (χ4n) is 1.18. The molecule has 0 radical (unpaired) electrons. The monoisotopic (exact) mass is 178 g/mol. The molecule has 1 nitrogen and oxygen atoms in total. The number of allylic oxidation sites excluding steroid dienone is 3. The van der Waals surface area contributed by atoms with E-state index >= 15 is 0 Å². The van der Waals surface area contributed by atoms with E-state index in [1.165, 1.54) is 18.2 Å². The van der Waals surface area contributed by atoms with Gasteiger partial charge in [0.2, 0.25) is 0 Å². The van der Waals surface area contributed by atoms with Crippen LogP contribution in [0.2, 0.25) is 0 Å². The van der Waals surface area contributed by atoms with Crippen molar-refractivity contribution >= 4 is 0 Å². The molecule has 0 aromatic rings. The molecule has 0 fully saturated rings. The van der Waals surface area contributed by atoms with Gasteiger partial charge in [-0.05, 0) is 12.0 Å². The zero-order chi connectivity index (χ0) is 9.19. The standard InChI is InChI=1S/C8H9F3O/c9-8(10,11)7-4-2-1-3-6(7)5-12/h1-3,7,12H,4-5H2. The first-order chi connectivity index (χ1) is 5.55. The number of halogens is 3. The summed E-state index contributed by atoms with van der Waals surface area (Å²) < 4.78 is 36.6. The van der Waals surface area contributed by atoms with Crippen LogP contribution in [0.5, 0.6) is 0 Å². The lowest BCUT2D eigenvalue weighted by atomic mass is 9.91. The van der Waals surface area contributed by atoms with Crippen molar-refractivity contribution in [2.45, 2.75) is 12.6 Å². The lowest BCUT2D eigenvalue weighted by Gasteiger charge is -2.22. The van der Waals surface area contributed by atoms with Gasteiger partial charge in [-0.1, -0.05) is 18.2 Å². The highest BCUT2D eigenvalue weighted by Crippen LogP contribution is 2.36. The third kappa shape index (κ3) is 1.88. The number of rotatable bonds is 1. The second kappa shape index (κ2) is 3.31. The lowest BCUT2D eigenvalue weighted by molar-refractivity contribution is -0.164. The minimum atomic E-state index is -4.24. The Morgan fingerprint density at radius 3 is 2.58 bits per heavy atom. The normalized spacial score (nSPS) is 24.0. The quantitative estimate of drug-likeness (QED) is 0.651. The van der Waals surface area contributed by atoms with Gasteiger partial charge in [-0.3, -0.25) is 0 Å². The van der Waals surface area contributed by atoms with E-state index in [0.717, 1.165) is 0 Å². The van der Waals surface area contributed by atoms with Gasteiger partial charge in [0.05, 0.1) is 12.5 Å². The van der Waals surface area contributed by atoms with E-state index in [1.54, 1.807) is 0 Å². The fourth-order valence-corrected chi connectivity index (χ4v) is 1.18. The molecule has 68 valence electrons. The van der Waals surface area contributed by atoms with Crippen LogP contribution in [0, 0.1) is 5.92 Å². The van der Waals surface area contributed by atoms with Crippen molar-refractivity contribution in [1.29, 1.82) is 0 Å². The van der Waals surface area contributed by atoms with Gasteiger partial charge in [0, 0.05) is 0 Å². The molecule has 1 N–H and O–H groups in total. The highest BCUT2D eigenvalue weighted by Gasteiger charge is 2.41. The first-order valence-corrected chi connectivity index (χ1v) is 3.59. The number of hydrogen-bond donors (Lipinski definition) is 1. The number of aliphatic hydroxyl groups excluding tert-OH is 1. The van der Waals surface area contributed by atoms with Crippen LogP contribution in [0.1, 0.15) is 6.42 Å². The Kier molecular flexibility index (Phi) is 2.57. The van der Waals surface area contributed by atoms with Gasteiger partial charge in [-0.2, -0.15) is 13.2 Å². The van der Waals surface area contributed by atoms with Gasteiger partial charge in [0.25, 0.3) is 0 Å². The number of hydrogen-bond acceptors (Lipinski definition) is 1. The first-order valence-electron chi connectivity index (χ1n) is 3.59. The molecule has 0 spiro atoms. The number of alkyl halides is 3. The highest BCUT2D eigenvalue weighted by molar-refractivity contribution is 5.22. The molecule has 1 atom stereocenters. The Bertz CT molecular complexity index is 215. The van der Waals surface area contributed by atoms with Gasteiger partial charge in [-0.15, -0.1) is 0 Å². The zero-order valence-electron chi connectivity index (χ0n) is 6.30.